The van der Waals surface area contributed by atoms with Crippen LogP contribution in [0.5, 0.6) is 0 Å². The summed E-state index contributed by atoms with van der Waals surface area (Å²) < 4.78 is 0. The Kier molecular flexibility index (Phi) is 64.8. The summed E-state index contributed by atoms with van der Waals surface area (Å²) in [6, 6.07) is 0. The number of nitrogens with zero attached hydrogens (tertiary/aromatic N) is 5. The Hall–Kier alpha value is -3.15. The van der Waals surface area contributed by atoms with Crippen LogP contribution in [0, 0.1) is 71.1 Å². The molecule has 0 heterocycles. The fourth-order valence-corrected chi connectivity index (χ4v) is 0. The van der Waals surface area contributed by atoms with Gasteiger partial charge in [0.25, 0.3) is 0 Å². The van der Waals surface area contributed by atoms with Crippen molar-refractivity contribution in [1.29, 1.82) is 0 Å². The topological polar surface area (TPSA) is 313 Å². The summed E-state index contributed by atoms with van der Waals surface area (Å²) in [5.74, 6) is 0. The molecule has 0 saturated heterocycles. The smallest absolute Gasteiger partial charge is 0.356 e. The summed E-state index contributed by atoms with van der Waals surface area (Å²) in [5, 5.41) is 60.0. The molecule has 0 spiro atoms. The van der Waals surface area contributed by atoms with Gasteiger partial charge in [0.15, 0.2) is 0 Å². The van der Waals surface area contributed by atoms with Crippen molar-refractivity contribution in [1.82, 2.24) is 5.04 Å². The summed E-state index contributed by atoms with van der Waals surface area (Å²) in [6.07, 6.45) is 0. The first-order valence-electron chi connectivity index (χ1n) is 2.56. The molecule has 120 valence electrons. The van der Waals surface area contributed by atoms with Crippen LogP contribution in [0.25, 0.3) is 0 Å². The second-order valence-corrected chi connectivity index (χ2v) is 0.969. The molecule has 0 unspecified atom stereocenters. The van der Waals surface area contributed by atoms with Crippen molar-refractivity contribution in [3.8, 4) is 0 Å². The molecule has 0 aromatic carbocycles. The molecule has 0 amide bonds. The predicted octanol–water partition coefficient (Wildman–Crippen LogP) is -1.37. The molecule has 0 aliphatic carbocycles. The molecule has 0 bridgehead atoms. The summed E-state index contributed by atoms with van der Waals surface area (Å²) >= 11 is 0. The molecule has 0 rings (SSSR count). The third kappa shape index (κ3) is 287. The first-order valence-corrected chi connectivity index (χ1v) is 2.56. The molecule has 0 aromatic heterocycles. The summed E-state index contributed by atoms with van der Waals surface area (Å²) in [4.78, 5) is 49.0. The summed E-state index contributed by atoms with van der Waals surface area (Å²) in [5.41, 5.74) is 0. The van der Waals surface area contributed by atoms with Crippen LogP contribution in [-0.4, -0.2) is 20.3 Å². The number of hydrogen-bond acceptors (Lipinski definition) is 14. The maximum Gasteiger partial charge on any atom is 3.00 e. The van der Waals surface area contributed by atoms with Crippen molar-refractivity contribution in [2.24, 2.45) is 0 Å². The average molecular weight is 491 g/mol. The fourth-order valence-electron chi connectivity index (χ4n) is 0. The van der Waals surface area contributed by atoms with Gasteiger partial charge in [-0.3, -0.25) is 0 Å². The van der Waals surface area contributed by atoms with E-state index >= 15 is 0 Å². The van der Waals surface area contributed by atoms with Crippen molar-refractivity contribution >= 4 is 0 Å². The number of rotatable bonds is 0. The van der Waals surface area contributed by atoms with Gasteiger partial charge in [0, 0.05) is 0 Å². The van der Waals surface area contributed by atoms with Crippen molar-refractivity contribution in [3.63, 3.8) is 0 Å². The second-order valence-electron chi connectivity index (χ2n) is 0.969. The van der Waals surface area contributed by atoms with E-state index in [1.807, 2.05) is 0 Å². The first kappa shape index (κ1) is 36.0. The Balaban J connectivity index is -0.0000000304. The van der Waals surface area contributed by atoms with Crippen molar-refractivity contribution in [2.75, 3.05) is 0 Å². The zero-order valence-electron chi connectivity index (χ0n) is 8.25. The molecule has 0 aliphatic rings. The molecule has 0 fully saturated rings. The van der Waals surface area contributed by atoms with Crippen molar-refractivity contribution < 1.29 is 42.7 Å². The Morgan fingerprint density at radius 2 is 0.500 bits per heavy atom. The van der Waals surface area contributed by atoms with Gasteiger partial charge in [0.1, 0.15) is 0 Å². The molecule has 0 aromatic rings. The van der Waals surface area contributed by atoms with Gasteiger partial charge in [0.05, 0.1) is 20.3 Å². The largest absolute Gasteiger partial charge is 3.00 e. The van der Waals surface area contributed by atoms with Crippen LogP contribution in [0.15, 0.2) is 0 Å². The van der Waals surface area contributed by atoms with Crippen LogP contribution in [0.4, 0.5) is 0 Å². The molecule has 0 saturated carbocycles. The number of hydrogen-bond donors (Lipinski definition) is 0. The number of nitroso groups, excluding NO2 is 2. The summed E-state index contributed by atoms with van der Waals surface area (Å²) in [6.45, 7) is 0. The SMILES string of the molecule is O=[N+]([O-])[O-].O=[N+]([O-])[O-].O=[N+]([O-])[O-].O=[N+]([O-])[O-].O=[N+]=O.[Au+3]. The molecule has 0 atom stereocenters. The van der Waals surface area contributed by atoms with Gasteiger partial charge >= 0.3 is 27.4 Å². The van der Waals surface area contributed by atoms with Crippen molar-refractivity contribution in [3.05, 3.63) is 71.1 Å². The van der Waals surface area contributed by atoms with E-state index < -0.39 is 20.3 Å². The maximum atomic E-state index is 8.25. The Labute approximate surface area is 119 Å². The molecule has 0 radical (unpaired) electrons. The molecular weight excluding hydrogens is 491 g/mol. The van der Waals surface area contributed by atoms with Gasteiger partial charge in [-0.2, -0.15) is 0 Å². The normalized spacial score (nSPS) is 5.20. The van der Waals surface area contributed by atoms with Gasteiger partial charge in [-0.15, -0.1) is 0 Å². The minimum Gasteiger partial charge on any atom is -0.356 e. The van der Waals surface area contributed by atoms with E-state index in [0.29, 0.717) is 0 Å². The predicted molar refractivity (Wildman–Crippen MR) is 50.3 cm³/mol. The van der Waals surface area contributed by atoms with Crippen LogP contribution >= 0.6 is 0 Å². The van der Waals surface area contributed by atoms with E-state index in [9.17, 15) is 0 Å². The third-order valence-corrected chi connectivity index (χ3v) is 0. The molecule has 19 nitrogen and oxygen atoms in total. The minimum atomic E-state index is -1.75. The van der Waals surface area contributed by atoms with Gasteiger partial charge < -0.3 is 61.3 Å². The molecule has 0 N–H and O–H groups in total. The van der Waals surface area contributed by atoms with Crippen LogP contribution in [0.3, 0.4) is 0 Å². The second kappa shape index (κ2) is 36.0. The van der Waals surface area contributed by atoms with Crippen LogP contribution in [-0.2, 0) is 22.4 Å². The van der Waals surface area contributed by atoms with E-state index in [0.717, 1.165) is 5.04 Å². The standard InChI is InChI=1S/Au.4NO3.NO2/c;4*2-1(3)4;2-1-3/q+3;4*-1;+1. The Morgan fingerprint density at radius 1 is 0.500 bits per heavy atom. The van der Waals surface area contributed by atoms with Crippen LogP contribution in [0.1, 0.15) is 0 Å². The monoisotopic (exact) mass is 491 g/mol. The average Bonchev–Trinajstić information content (AvgIpc) is 1.97. The van der Waals surface area contributed by atoms with E-state index in [4.69, 9.17) is 71.1 Å². The van der Waals surface area contributed by atoms with Gasteiger partial charge in [0.2, 0.25) is 9.81 Å². The minimum absolute atomic E-state index is 0. The Bertz CT molecular complexity index is 226. The van der Waals surface area contributed by atoms with E-state index in [2.05, 4.69) is 0 Å². The fraction of sp³-hybridized carbons (Fsp3) is 0. The molecule has 0 aliphatic heterocycles. The zero-order valence-corrected chi connectivity index (χ0v) is 10.4. The first-order chi connectivity index (χ1) is 8.34. The van der Waals surface area contributed by atoms with E-state index in [1.165, 1.54) is 0 Å². The maximum absolute atomic E-state index is 8.25. The van der Waals surface area contributed by atoms with E-state index in [-0.39, 0.29) is 22.4 Å². The Morgan fingerprint density at radius 3 is 0.500 bits per heavy atom. The molecular formula is AuN5O14. The molecule has 20 heteroatoms. The van der Waals surface area contributed by atoms with E-state index in [1.54, 1.807) is 0 Å². The van der Waals surface area contributed by atoms with Gasteiger partial charge in [-0.1, -0.05) is 0 Å². The third-order valence-electron chi connectivity index (χ3n) is 0. The van der Waals surface area contributed by atoms with Crippen LogP contribution in [0.2, 0.25) is 0 Å². The summed E-state index contributed by atoms with van der Waals surface area (Å²) in [7, 11) is 0. The van der Waals surface area contributed by atoms with Gasteiger partial charge in [-0.25, -0.2) is 0 Å². The van der Waals surface area contributed by atoms with Gasteiger partial charge in [-0.05, 0) is 0 Å². The quantitative estimate of drug-likeness (QED) is 0.163. The zero-order chi connectivity index (χ0) is 17.0. The van der Waals surface area contributed by atoms with Crippen molar-refractivity contribution in [2.45, 2.75) is 0 Å². The molecule has 20 heavy (non-hydrogen) atoms. The van der Waals surface area contributed by atoms with Crippen LogP contribution < -0.4 is 5.04 Å².